The Balaban J connectivity index is 1.99. The molecule has 0 N–H and O–H groups in total. The zero-order chi connectivity index (χ0) is 12.8. The first kappa shape index (κ1) is 12.6. The van der Waals surface area contributed by atoms with Gasteiger partial charge in [0.15, 0.2) is 0 Å². The quantitative estimate of drug-likeness (QED) is 0.588. The molecular weight excluding hydrogens is 246 g/mol. The van der Waals surface area contributed by atoms with Gasteiger partial charge in [-0.2, -0.15) is 0 Å². The SMILES string of the molecule is CN(Cc1ccccc1)N=Nc1ccccc1Cl. The summed E-state index contributed by atoms with van der Waals surface area (Å²) in [7, 11) is 1.88. The summed E-state index contributed by atoms with van der Waals surface area (Å²) in [6.07, 6.45) is 0. The average molecular weight is 260 g/mol. The molecule has 0 radical (unpaired) electrons. The lowest BCUT2D eigenvalue weighted by molar-refractivity contribution is 0.324. The minimum Gasteiger partial charge on any atom is -0.277 e. The third kappa shape index (κ3) is 3.57. The predicted molar refractivity (Wildman–Crippen MR) is 73.9 cm³/mol. The van der Waals surface area contributed by atoms with Crippen LogP contribution in [0.1, 0.15) is 5.56 Å². The standard InChI is InChI=1S/C14H14ClN3/c1-18(11-12-7-3-2-4-8-12)17-16-14-10-6-5-9-13(14)15/h2-10H,11H2,1H3. The largest absolute Gasteiger partial charge is 0.277 e. The molecule has 0 spiro atoms. The van der Waals surface area contributed by atoms with Crippen LogP contribution in [0, 0.1) is 0 Å². The van der Waals surface area contributed by atoms with Crippen LogP contribution in [0.3, 0.4) is 0 Å². The molecule has 0 aliphatic carbocycles. The summed E-state index contributed by atoms with van der Waals surface area (Å²) in [4.78, 5) is 0. The molecule has 0 fully saturated rings. The molecular formula is C14H14ClN3. The lowest BCUT2D eigenvalue weighted by Crippen LogP contribution is -2.09. The van der Waals surface area contributed by atoms with Crippen molar-refractivity contribution in [2.75, 3.05) is 7.05 Å². The molecule has 18 heavy (non-hydrogen) atoms. The Morgan fingerprint density at radius 2 is 1.67 bits per heavy atom. The van der Waals surface area contributed by atoms with E-state index in [1.54, 1.807) is 11.1 Å². The van der Waals surface area contributed by atoms with Crippen LogP contribution in [-0.4, -0.2) is 12.1 Å². The predicted octanol–water partition coefficient (Wildman–Crippen LogP) is 4.47. The van der Waals surface area contributed by atoms with E-state index in [0.717, 1.165) is 6.54 Å². The zero-order valence-corrected chi connectivity index (χ0v) is 10.9. The summed E-state index contributed by atoms with van der Waals surface area (Å²) >= 11 is 6.00. The Morgan fingerprint density at radius 1 is 1.00 bits per heavy atom. The van der Waals surface area contributed by atoms with Gasteiger partial charge in [0.05, 0.1) is 11.6 Å². The van der Waals surface area contributed by atoms with E-state index in [4.69, 9.17) is 11.6 Å². The van der Waals surface area contributed by atoms with E-state index in [9.17, 15) is 0 Å². The van der Waals surface area contributed by atoms with Gasteiger partial charge >= 0.3 is 0 Å². The highest BCUT2D eigenvalue weighted by atomic mass is 35.5. The first-order valence-corrected chi connectivity index (χ1v) is 6.05. The van der Waals surface area contributed by atoms with Crippen LogP contribution in [-0.2, 0) is 6.54 Å². The Kier molecular flexibility index (Phi) is 4.31. The molecule has 2 rings (SSSR count). The maximum atomic E-state index is 6.00. The second-order valence-corrected chi connectivity index (χ2v) is 4.35. The van der Waals surface area contributed by atoms with Gasteiger partial charge in [0.25, 0.3) is 0 Å². The lowest BCUT2D eigenvalue weighted by Gasteiger charge is -2.10. The molecule has 0 saturated carbocycles. The van der Waals surface area contributed by atoms with Gasteiger partial charge in [-0.3, -0.25) is 5.01 Å². The Hall–Kier alpha value is -1.87. The highest BCUT2D eigenvalue weighted by Gasteiger charge is 1.98. The van der Waals surface area contributed by atoms with E-state index in [0.29, 0.717) is 10.7 Å². The van der Waals surface area contributed by atoms with Crippen LogP contribution in [0.2, 0.25) is 5.02 Å². The van der Waals surface area contributed by atoms with Crippen molar-refractivity contribution in [3.63, 3.8) is 0 Å². The van der Waals surface area contributed by atoms with E-state index in [1.807, 2.05) is 43.4 Å². The van der Waals surface area contributed by atoms with Crippen molar-refractivity contribution >= 4 is 17.3 Å². The Labute approximate surface area is 112 Å². The van der Waals surface area contributed by atoms with Gasteiger partial charge in [-0.25, -0.2) is 0 Å². The van der Waals surface area contributed by atoms with Gasteiger partial charge in [-0.1, -0.05) is 59.3 Å². The van der Waals surface area contributed by atoms with Gasteiger partial charge in [0, 0.05) is 7.05 Å². The van der Waals surface area contributed by atoms with E-state index in [2.05, 4.69) is 22.5 Å². The second kappa shape index (κ2) is 6.17. The molecule has 0 aliphatic rings. The fraction of sp³-hybridized carbons (Fsp3) is 0.143. The molecule has 0 atom stereocenters. The lowest BCUT2D eigenvalue weighted by atomic mass is 10.2. The number of rotatable bonds is 4. The second-order valence-electron chi connectivity index (χ2n) is 3.94. The molecule has 3 nitrogen and oxygen atoms in total. The molecule has 2 aromatic carbocycles. The van der Waals surface area contributed by atoms with Gasteiger partial charge < -0.3 is 0 Å². The van der Waals surface area contributed by atoms with Crippen LogP contribution >= 0.6 is 11.6 Å². The van der Waals surface area contributed by atoms with Crippen LogP contribution < -0.4 is 0 Å². The minimum absolute atomic E-state index is 0.606. The van der Waals surface area contributed by atoms with Crippen LogP contribution in [0.4, 0.5) is 5.69 Å². The molecule has 0 bridgehead atoms. The topological polar surface area (TPSA) is 28.0 Å². The molecule has 0 amide bonds. The Morgan fingerprint density at radius 3 is 2.39 bits per heavy atom. The number of hydrogen-bond acceptors (Lipinski definition) is 2. The van der Waals surface area contributed by atoms with Gasteiger partial charge in [0.2, 0.25) is 0 Å². The molecule has 0 saturated heterocycles. The van der Waals surface area contributed by atoms with E-state index in [1.165, 1.54) is 5.56 Å². The highest BCUT2D eigenvalue weighted by molar-refractivity contribution is 6.32. The Bertz CT molecular complexity index is 526. The summed E-state index contributed by atoms with van der Waals surface area (Å²) < 4.78 is 0. The third-order valence-corrected chi connectivity index (χ3v) is 2.73. The molecule has 2 aromatic rings. The van der Waals surface area contributed by atoms with Gasteiger partial charge in [-0.05, 0) is 17.7 Å². The van der Waals surface area contributed by atoms with E-state index >= 15 is 0 Å². The van der Waals surface area contributed by atoms with Crippen LogP contribution in [0.15, 0.2) is 64.9 Å². The minimum atomic E-state index is 0.606. The van der Waals surface area contributed by atoms with Crippen molar-refractivity contribution in [3.05, 3.63) is 65.2 Å². The number of benzene rings is 2. The smallest absolute Gasteiger partial charge is 0.106 e. The number of halogens is 1. The van der Waals surface area contributed by atoms with Crippen molar-refractivity contribution in [2.24, 2.45) is 10.3 Å². The fourth-order valence-corrected chi connectivity index (χ4v) is 1.71. The van der Waals surface area contributed by atoms with E-state index in [-0.39, 0.29) is 0 Å². The molecule has 0 aromatic heterocycles. The van der Waals surface area contributed by atoms with Gasteiger partial charge in [-0.15, -0.1) is 5.11 Å². The highest BCUT2D eigenvalue weighted by Crippen LogP contribution is 2.24. The number of hydrogen-bond donors (Lipinski definition) is 0. The monoisotopic (exact) mass is 259 g/mol. The molecule has 4 heteroatoms. The summed E-state index contributed by atoms with van der Waals surface area (Å²) in [6, 6.07) is 17.5. The zero-order valence-electron chi connectivity index (χ0n) is 10.1. The molecule has 0 heterocycles. The van der Waals surface area contributed by atoms with Crippen LogP contribution in [0.25, 0.3) is 0 Å². The molecule has 0 unspecified atom stereocenters. The summed E-state index contributed by atoms with van der Waals surface area (Å²) in [6.45, 7) is 0.717. The first-order chi connectivity index (χ1) is 8.75. The van der Waals surface area contributed by atoms with Crippen molar-refractivity contribution in [3.8, 4) is 0 Å². The van der Waals surface area contributed by atoms with Gasteiger partial charge in [0.1, 0.15) is 5.69 Å². The molecule has 92 valence electrons. The normalized spacial score (nSPS) is 10.8. The van der Waals surface area contributed by atoms with Crippen molar-refractivity contribution in [1.82, 2.24) is 5.01 Å². The van der Waals surface area contributed by atoms with Crippen molar-refractivity contribution < 1.29 is 0 Å². The van der Waals surface area contributed by atoms with Crippen LogP contribution in [0.5, 0.6) is 0 Å². The fourth-order valence-electron chi connectivity index (χ4n) is 1.54. The third-order valence-electron chi connectivity index (χ3n) is 2.41. The first-order valence-electron chi connectivity index (χ1n) is 5.67. The average Bonchev–Trinajstić information content (AvgIpc) is 2.39. The summed E-state index contributed by atoms with van der Waals surface area (Å²) in [5, 5.41) is 10.6. The summed E-state index contributed by atoms with van der Waals surface area (Å²) in [5.74, 6) is 0. The summed E-state index contributed by atoms with van der Waals surface area (Å²) in [5.41, 5.74) is 1.87. The van der Waals surface area contributed by atoms with Crippen molar-refractivity contribution in [2.45, 2.75) is 6.54 Å². The van der Waals surface area contributed by atoms with E-state index < -0.39 is 0 Å². The van der Waals surface area contributed by atoms with Crippen molar-refractivity contribution in [1.29, 1.82) is 0 Å². The number of nitrogens with zero attached hydrogens (tertiary/aromatic N) is 3. The maximum Gasteiger partial charge on any atom is 0.106 e. The maximum absolute atomic E-state index is 6.00. The molecule has 0 aliphatic heterocycles.